The van der Waals surface area contributed by atoms with Gasteiger partial charge in [0.25, 0.3) is 0 Å². The Morgan fingerprint density at radius 2 is 0.393 bits per heavy atom. The van der Waals surface area contributed by atoms with E-state index < -0.39 is 0 Å². The van der Waals surface area contributed by atoms with Gasteiger partial charge in [-0.05, 0) is 90.3 Å². The minimum atomic E-state index is 0. The standard InChI is InChI=1S/3C9H18.Gd/c3*1-6-5-7(2)9(4)8(6)3;/h3*6-9H,5H2,1-4H3;. The summed E-state index contributed by atoms with van der Waals surface area (Å²) in [5, 5.41) is 0. The van der Waals surface area contributed by atoms with Gasteiger partial charge < -0.3 is 0 Å². The average molecular weight is 536 g/mol. The molecule has 0 radical (unpaired) electrons. The first kappa shape index (κ1) is 29.3. The molecule has 0 aromatic heterocycles. The molecule has 3 aliphatic rings. The van der Waals surface area contributed by atoms with Gasteiger partial charge in [-0.1, -0.05) is 83.1 Å². The summed E-state index contributed by atoms with van der Waals surface area (Å²) in [7, 11) is 0. The molecule has 0 heterocycles. The molecule has 0 spiro atoms. The van der Waals surface area contributed by atoms with E-state index in [4.69, 9.17) is 0 Å². The Morgan fingerprint density at radius 1 is 0.286 bits per heavy atom. The molecule has 0 nitrogen and oxygen atoms in total. The minimum absolute atomic E-state index is 0. The average Bonchev–Trinajstić information content (AvgIpc) is 3.07. The zero-order chi connectivity index (χ0) is 21.0. The molecule has 1 heteroatoms. The molecule has 170 valence electrons. The molecular formula is C27H54Gd. The van der Waals surface area contributed by atoms with E-state index >= 15 is 0 Å². The van der Waals surface area contributed by atoms with E-state index in [1.54, 1.807) is 0 Å². The third-order valence-electron chi connectivity index (χ3n) is 10.1. The Bertz CT molecular complexity index is 321. The van der Waals surface area contributed by atoms with E-state index in [0.29, 0.717) is 0 Å². The van der Waals surface area contributed by atoms with Crippen LogP contribution in [0, 0.1) is 111 Å². The first-order valence-electron chi connectivity index (χ1n) is 12.4. The Hall–Kier alpha value is 1.32. The van der Waals surface area contributed by atoms with Gasteiger partial charge in [-0.25, -0.2) is 0 Å². The molecule has 0 aromatic rings. The largest absolute Gasteiger partial charge is 0.0622 e. The Kier molecular flexibility index (Phi) is 13.6. The molecule has 3 saturated carbocycles. The van der Waals surface area contributed by atoms with E-state index in [1.807, 2.05) is 0 Å². The van der Waals surface area contributed by atoms with Crippen molar-refractivity contribution in [2.45, 2.75) is 102 Å². The first-order valence-corrected chi connectivity index (χ1v) is 12.4. The van der Waals surface area contributed by atoms with Gasteiger partial charge >= 0.3 is 0 Å². The van der Waals surface area contributed by atoms with Crippen LogP contribution in [-0.4, -0.2) is 0 Å². The van der Waals surface area contributed by atoms with Crippen LogP contribution in [0.4, 0.5) is 0 Å². The van der Waals surface area contributed by atoms with Crippen LogP contribution in [0.3, 0.4) is 0 Å². The van der Waals surface area contributed by atoms with E-state index in [1.165, 1.54) is 19.3 Å². The van der Waals surface area contributed by atoms with Crippen LogP contribution >= 0.6 is 0 Å². The SMILES string of the molecule is CC1CC(C)C(C)C1C.CC1CC(C)C(C)C1C.CC1CC(C)C(C)C1C.[Gd]. The van der Waals surface area contributed by atoms with Gasteiger partial charge in [0.1, 0.15) is 0 Å². The van der Waals surface area contributed by atoms with Gasteiger partial charge in [0, 0.05) is 39.9 Å². The van der Waals surface area contributed by atoms with Crippen molar-refractivity contribution in [3.63, 3.8) is 0 Å². The summed E-state index contributed by atoms with van der Waals surface area (Å²) in [5.74, 6) is 11.6. The van der Waals surface area contributed by atoms with Crippen molar-refractivity contribution in [1.29, 1.82) is 0 Å². The molecule has 0 amide bonds. The summed E-state index contributed by atoms with van der Waals surface area (Å²) in [4.78, 5) is 0. The molecule has 28 heavy (non-hydrogen) atoms. The summed E-state index contributed by atoms with van der Waals surface area (Å²) in [6.45, 7) is 28.6. The monoisotopic (exact) mass is 536 g/mol. The van der Waals surface area contributed by atoms with Crippen molar-refractivity contribution < 1.29 is 39.9 Å². The summed E-state index contributed by atoms with van der Waals surface area (Å²) < 4.78 is 0. The smallest absolute Gasteiger partial charge is 0 e. The van der Waals surface area contributed by atoms with Gasteiger partial charge in [0.15, 0.2) is 0 Å². The van der Waals surface area contributed by atoms with Crippen molar-refractivity contribution in [1.82, 2.24) is 0 Å². The van der Waals surface area contributed by atoms with E-state index in [-0.39, 0.29) is 39.9 Å². The fourth-order valence-corrected chi connectivity index (χ4v) is 6.16. The third-order valence-corrected chi connectivity index (χ3v) is 10.1. The van der Waals surface area contributed by atoms with Crippen molar-refractivity contribution >= 4 is 0 Å². The molecule has 3 rings (SSSR count). The molecule has 12 atom stereocenters. The fourth-order valence-electron chi connectivity index (χ4n) is 6.16. The molecular weight excluding hydrogens is 482 g/mol. The maximum atomic E-state index is 2.39. The van der Waals surface area contributed by atoms with E-state index in [2.05, 4.69) is 83.1 Å². The van der Waals surface area contributed by atoms with Gasteiger partial charge in [-0.3, -0.25) is 0 Å². The number of rotatable bonds is 0. The summed E-state index contributed by atoms with van der Waals surface area (Å²) >= 11 is 0. The Labute approximate surface area is 211 Å². The Balaban J connectivity index is 0.000000384. The third kappa shape index (κ3) is 7.78. The summed E-state index contributed by atoms with van der Waals surface area (Å²) in [6, 6.07) is 0. The topological polar surface area (TPSA) is 0 Å². The van der Waals surface area contributed by atoms with Gasteiger partial charge in [-0.15, -0.1) is 0 Å². The molecule has 0 aliphatic heterocycles. The second-order valence-electron chi connectivity index (χ2n) is 11.7. The second kappa shape index (κ2) is 13.0. The van der Waals surface area contributed by atoms with Crippen molar-refractivity contribution in [3.05, 3.63) is 0 Å². The zero-order valence-corrected chi connectivity index (χ0v) is 23.7. The van der Waals surface area contributed by atoms with Crippen LogP contribution < -0.4 is 0 Å². The summed E-state index contributed by atoms with van der Waals surface area (Å²) in [5.41, 5.74) is 0. The maximum absolute atomic E-state index is 2.39. The second-order valence-corrected chi connectivity index (χ2v) is 11.7. The molecule has 3 fully saturated rings. The quantitative estimate of drug-likeness (QED) is 0.291. The van der Waals surface area contributed by atoms with E-state index in [0.717, 1.165) is 71.0 Å². The zero-order valence-electron chi connectivity index (χ0n) is 21.4. The molecule has 12 unspecified atom stereocenters. The molecule has 0 N–H and O–H groups in total. The van der Waals surface area contributed by atoms with Gasteiger partial charge in [-0.2, -0.15) is 0 Å². The van der Waals surface area contributed by atoms with Crippen molar-refractivity contribution in [3.8, 4) is 0 Å². The molecule has 0 aromatic carbocycles. The predicted molar refractivity (Wildman–Crippen MR) is 124 cm³/mol. The van der Waals surface area contributed by atoms with Crippen LogP contribution in [-0.2, 0) is 0 Å². The fraction of sp³-hybridized carbons (Fsp3) is 1.00. The Morgan fingerprint density at radius 3 is 0.429 bits per heavy atom. The predicted octanol–water partition coefficient (Wildman–Crippen LogP) is 8.80. The minimum Gasteiger partial charge on any atom is -0.0622 e. The molecule has 3 aliphatic carbocycles. The van der Waals surface area contributed by atoms with Crippen molar-refractivity contribution in [2.24, 2.45) is 71.0 Å². The van der Waals surface area contributed by atoms with Crippen LogP contribution in [0.5, 0.6) is 0 Å². The van der Waals surface area contributed by atoms with Crippen molar-refractivity contribution in [2.75, 3.05) is 0 Å². The van der Waals surface area contributed by atoms with E-state index in [9.17, 15) is 0 Å². The first-order chi connectivity index (χ1) is 12.4. The molecule has 0 bridgehead atoms. The van der Waals surface area contributed by atoms with Gasteiger partial charge in [0.2, 0.25) is 0 Å². The molecule has 0 saturated heterocycles. The number of hydrogen-bond acceptors (Lipinski definition) is 0. The van der Waals surface area contributed by atoms with Crippen LogP contribution in [0.2, 0.25) is 0 Å². The van der Waals surface area contributed by atoms with Gasteiger partial charge in [0.05, 0.1) is 0 Å². The number of hydrogen-bond donors (Lipinski definition) is 0. The summed E-state index contributed by atoms with van der Waals surface area (Å²) in [6.07, 6.45) is 4.34. The normalized spacial score (nSPS) is 50.1. The maximum Gasteiger partial charge on any atom is 0 e. The van der Waals surface area contributed by atoms with Crippen LogP contribution in [0.25, 0.3) is 0 Å². The van der Waals surface area contributed by atoms with Crippen LogP contribution in [0.1, 0.15) is 102 Å². The van der Waals surface area contributed by atoms with Crippen LogP contribution in [0.15, 0.2) is 0 Å².